The van der Waals surface area contributed by atoms with Gasteiger partial charge in [0, 0.05) is 17.2 Å². The molecule has 33 heavy (non-hydrogen) atoms. The summed E-state index contributed by atoms with van der Waals surface area (Å²) < 4.78 is 49.1. The molecule has 9 heteroatoms. The normalized spacial score (nSPS) is 11.4. The fourth-order valence-corrected chi connectivity index (χ4v) is 3.99. The van der Waals surface area contributed by atoms with Crippen molar-refractivity contribution in [1.82, 2.24) is 9.97 Å². The van der Waals surface area contributed by atoms with E-state index in [0.717, 1.165) is 28.6 Å². The zero-order chi connectivity index (χ0) is 23.4. The zero-order valence-corrected chi connectivity index (χ0v) is 18.6. The smallest absolute Gasteiger partial charge is 0.416 e. The fourth-order valence-electron chi connectivity index (χ4n) is 3.18. The first-order valence-corrected chi connectivity index (χ1v) is 10.9. The van der Waals surface area contributed by atoms with Gasteiger partial charge in [-0.25, -0.2) is 9.97 Å². The molecule has 3 aromatic carbocycles. The molecule has 0 spiro atoms. The molecule has 0 amide bonds. The number of rotatable bonds is 7. The maximum Gasteiger partial charge on any atom is 0.416 e. The third-order valence-electron chi connectivity index (χ3n) is 4.89. The number of fused-ring (bicyclic) bond motifs is 1. The number of methoxy groups -OCH3 is 2. The summed E-state index contributed by atoms with van der Waals surface area (Å²) in [6, 6.07) is 18.1. The van der Waals surface area contributed by atoms with E-state index >= 15 is 0 Å². The first kappa shape index (κ1) is 22.7. The van der Waals surface area contributed by atoms with Gasteiger partial charge in [-0.3, -0.25) is 0 Å². The molecule has 0 radical (unpaired) electrons. The number of nitrogens with one attached hydrogen (secondary N) is 1. The topological polar surface area (TPSA) is 56.3 Å². The summed E-state index contributed by atoms with van der Waals surface area (Å²) in [4.78, 5) is 9.26. The predicted molar refractivity (Wildman–Crippen MR) is 123 cm³/mol. The molecule has 1 N–H and O–H groups in total. The van der Waals surface area contributed by atoms with Crippen LogP contribution in [0.3, 0.4) is 0 Å². The van der Waals surface area contributed by atoms with E-state index in [1.165, 1.54) is 23.9 Å². The van der Waals surface area contributed by atoms with Crippen molar-refractivity contribution >= 4 is 34.2 Å². The van der Waals surface area contributed by atoms with Crippen molar-refractivity contribution in [2.24, 2.45) is 0 Å². The molecule has 0 saturated carbocycles. The highest BCUT2D eigenvalue weighted by Gasteiger charge is 2.29. The third-order valence-corrected chi connectivity index (χ3v) is 5.81. The SMILES string of the molecule is COc1ccc(Nc2nc(SCc3ccc(C(F)(F)F)cc3)nc3ccccc23)c(OC)c1. The summed E-state index contributed by atoms with van der Waals surface area (Å²) in [5, 5.41) is 4.64. The number of hydrogen-bond acceptors (Lipinski definition) is 6. The minimum atomic E-state index is -4.35. The quantitative estimate of drug-likeness (QED) is 0.239. The lowest BCUT2D eigenvalue weighted by atomic mass is 10.1. The van der Waals surface area contributed by atoms with Gasteiger partial charge in [0.1, 0.15) is 17.3 Å². The van der Waals surface area contributed by atoms with E-state index in [1.54, 1.807) is 20.3 Å². The minimum Gasteiger partial charge on any atom is -0.497 e. The molecule has 0 atom stereocenters. The number of alkyl halides is 3. The largest absolute Gasteiger partial charge is 0.497 e. The number of nitrogens with zero attached hydrogens (tertiary/aromatic N) is 2. The second-order valence-corrected chi connectivity index (χ2v) is 7.99. The van der Waals surface area contributed by atoms with Gasteiger partial charge >= 0.3 is 6.18 Å². The molecule has 1 aromatic heterocycles. The van der Waals surface area contributed by atoms with E-state index in [1.807, 2.05) is 36.4 Å². The fraction of sp³-hybridized carbons (Fsp3) is 0.167. The van der Waals surface area contributed by atoms with Crippen LogP contribution in [0.15, 0.2) is 71.9 Å². The lowest BCUT2D eigenvalue weighted by Crippen LogP contribution is -2.04. The molecule has 0 aliphatic heterocycles. The number of hydrogen-bond donors (Lipinski definition) is 1. The number of benzene rings is 3. The number of thioether (sulfide) groups is 1. The van der Waals surface area contributed by atoms with Crippen LogP contribution in [0.4, 0.5) is 24.7 Å². The molecule has 0 saturated heterocycles. The predicted octanol–water partition coefficient (Wildman–Crippen LogP) is 6.70. The minimum absolute atomic E-state index is 0.432. The van der Waals surface area contributed by atoms with Gasteiger partial charge in [-0.1, -0.05) is 36.0 Å². The van der Waals surface area contributed by atoms with Crippen molar-refractivity contribution in [3.8, 4) is 11.5 Å². The van der Waals surface area contributed by atoms with E-state index < -0.39 is 11.7 Å². The van der Waals surface area contributed by atoms with Gasteiger partial charge in [0.25, 0.3) is 0 Å². The summed E-state index contributed by atoms with van der Waals surface area (Å²) in [5.74, 6) is 2.29. The van der Waals surface area contributed by atoms with Gasteiger partial charge in [0.2, 0.25) is 0 Å². The Hall–Kier alpha value is -3.46. The van der Waals surface area contributed by atoms with Crippen LogP contribution in [-0.2, 0) is 11.9 Å². The Kier molecular flexibility index (Phi) is 6.60. The summed E-state index contributed by atoms with van der Waals surface area (Å²) in [6.45, 7) is 0. The molecule has 0 bridgehead atoms. The molecule has 5 nitrogen and oxygen atoms in total. The van der Waals surface area contributed by atoms with Crippen molar-refractivity contribution in [3.05, 3.63) is 77.9 Å². The first-order chi connectivity index (χ1) is 15.9. The van der Waals surface area contributed by atoms with Crippen LogP contribution in [0.25, 0.3) is 10.9 Å². The molecule has 0 aliphatic carbocycles. The molecule has 4 aromatic rings. The third kappa shape index (κ3) is 5.31. The van der Waals surface area contributed by atoms with E-state index in [4.69, 9.17) is 9.47 Å². The Morgan fingerprint density at radius 1 is 0.909 bits per heavy atom. The van der Waals surface area contributed by atoms with Gasteiger partial charge in [-0.15, -0.1) is 0 Å². The lowest BCUT2D eigenvalue weighted by molar-refractivity contribution is -0.137. The molecule has 170 valence electrons. The highest BCUT2D eigenvalue weighted by Crippen LogP contribution is 2.34. The molecule has 1 heterocycles. The van der Waals surface area contributed by atoms with Crippen molar-refractivity contribution in [2.75, 3.05) is 19.5 Å². The number of halogens is 3. The molecular weight excluding hydrogens is 451 g/mol. The van der Waals surface area contributed by atoms with Crippen LogP contribution < -0.4 is 14.8 Å². The van der Waals surface area contributed by atoms with Gasteiger partial charge < -0.3 is 14.8 Å². The average molecular weight is 472 g/mol. The van der Waals surface area contributed by atoms with Gasteiger partial charge in [0.15, 0.2) is 5.16 Å². The number of ether oxygens (including phenoxy) is 2. The highest BCUT2D eigenvalue weighted by molar-refractivity contribution is 7.98. The monoisotopic (exact) mass is 471 g/mol. The van der Waals surface area contributed by atoms with E-state index in [2.05, 4.69) is 15.3 Å². The van der Waals surface area contributed by atoms with Crippen LogP contribution in [0.5, 0.6) is 11.5 Å². The van der Waals surface area contributed by atoms with Crippen LogP contribution in [0.1, 0.15) is 11.1 Å². The van der Waals surface area contributed by atoms with E-state index in [0.29, 0.717) is 33.9 Å². The molecule has 0 unspecified atom stereocenters. The Morgan fingerprint density at radius 3 is 2.36 bits per heavy atom. The van der Waals surface area contributed by atoms with Crippen molar-refractivity contribution in [2.45, 2.75) is 17.1 Å². The first-order valence-electron chi connectivity index (χ1n) is 9.92. The Labute approximate surface area is 193 Å². The zero-order valence-electron chi connectivity index (χ0n) is 17.8. The summed E-state index contributed by atoms with van der Waals surface area (Å²) in [6.07, 6.45) is -4.35. The second kappa shape index (κ2) is 9.58. The Balaban J connectivity index is 1.61. The van der Waals surface area contributed by atoms with Crippen LogP contribution >= 0.6 is 11.8 Å². The number of aromatic nitrogens is 2. The molecule has 4 rings (SSSR count). The summed E-state index contributed by atoms with van der Waals surface area (Å²) in [7, 11) is 3.16. The molecular formula is C24H20F3N3O2S. The van der Waals surface area contributed by atoms with Crippen molar-refractivity contribution in [1.29, 1.82) is 0 Å². The van der Waals surface area contributed by atoms with Gasteiger partial charge in [-0.05, 0) is 42.0 Å². The van der Waals surface area contributed by atoms with Crippen LogP contribution in [0.2, 0.25) is 0 Å². The van der Waals surface area contributed by atoms with Gasteiger partial charge in [0.05, 0.1) is 31.0 Å². The lowest BCUT2D eigenvalue weighted by Gasteiger charge is -2.14. The van der Waals surface area contributed by atoms with Crippen LogP contribution in [-0.4, -0.2) is 24.2 Å². The Morgan fingerprint density at radius 2 is 1.67 bits per heavy atom. The van der Waals surface area contributed by atoms with E-state index in [-0.39, 0.29) is 0 Å². The standard InChI is InChI=1S/C24H20F3N3O2S/c1-31-17-11-12-20(21(13-17)32-2)28-22-18-5-3-4-6-19(18)29-23(30-22)33-14-15-7-9-16(10-8-15)24(25,26)27/h3-13H,14H2,1-2H3,(H,28,29,30). The number of para-hydroxylation sites is 1. The van der Waals surface area contributed by atoms with Crippen molar-refractivity contribution in [3.63, 3.8) is 0 Å². The second-order valence-electron chi connectivity index (χ2n) is 7.05. The Bertz CT molecular complexity index is 1260. The summed E-state index contributed by atoms with van der Waals surface area (Å²) >= 11 is 1.35. The van der Waals surface area contributed by atoms with E-state index in [9.17, 15) is 13.2 Å². The molecule has 0 aliphatic rings. The molecule has 0 fully saturated rings. The highest BCUT2D eigenvalue weighted by atomic mass is 32.2. The van der Waals surface area contributed by atoms with Gasteiger partial charge in [-0.2, -0.15) is 13.2 Å². The number of anilines is 2. The maximum atomic E-state index is 12.8. The average Bonchev–Trinajstić information content (AvgIpc) is 2.82. The van der Waals surface area contributed by atoms with Crippen molar-refractivity contribution < 1.29 is 22.6 Å². The maximum absolute atomic E-state index is 12.8. The van der Waals surface area contributed by atoms with Crippen LogP contribution in [0, 0.1) is 0 Å². The summed E-state index contributed by atoms with van der Waals surface area (Å²) in [5.41, 5.74) is 1.53.